The molecule has 1 saturated heterocycles. The second kappa shape index (κ2) is 5.28. The van der Waals surface area contributed by atoms with Gasteiger partial charge in [-0.05, 0) is 0 Å². The van der Waals surface area contributed by atoms with E-state index in [1.54, 1.807) is 0 Å². The third-order valence-electron chi connectivity index (χ3n) is 3.61. The Kier molecular flexibility index (Phi) is 3.95. The van der Waals surface area contributed by atoms with Gasteiger partial charge in [0.15, 0.2) is 5.66 Å². The minimum atomic E-state index is -4.75. The summed E-state index contributed by atoms with van der Waals surface area (Å²) >= 11 is 0. The number of nitrogens with two attached hydrogens (primary N) is 2. The lowest BCUT2D eigenvalue weighted by atomic mass is 9.89. The molecule has 10 heteroatoms. The van der Waals surface area contributed by atoms with Crippen LogP contribution in [0.15, 0.2) is 23.0 Å². The Bertz CT molecular complexity index is 511. The molecule has 1 fully saturated rings. The lowest BCUT2D eigenvalue weighted by Crippen LogP contribution is -2.63. The number of alkyl halides is 3. The summed E-state index contributed by atoms with van der Waals surface area (Å²) in [7, 11) is 0. The number of nitrogens with zero attached hydrogens (tertiary/aromatic N) is 2. The molecule has 0 spiro atoms. The zero-order chi connectivity index (χ0) is 15.8. The number of allylic oxidation sites excluding steroid dienone is 2. The van der Waals surface area contributed by atoms with Crippen LogP contribution >= 0.6 is 0 Å². The largest absolute Gasteiger partial charge is 0.418 e. The molecule has 1 aliphatic heterocycles. The van der Waals surface area contributed by atoms with E-state index in [0.29, 0.717) is 19.3 Å². The highest BCUT2D eigenvalue weighted by Crippen LogP contribution is 2.39. The number of halogens is 3. The zero-order valence-corrected chi connectivity index (χ0v) is 11.0. The number of hydrogen-bond acceptors (Lipinski definition) is 6. The number of nitro groups is 1. The number of ether oxygens (including phenoxy) is 1. The van der Waals surface area contributed by atoms with Gasteiger partial charge in [0.2, 0.25) is 0 Å². The van der Waals surface area contributed by atoms with Crippen LogP contribution in [0.2, 0.25) is 0 Å². The smallest absolute Gasteiger partial charge is 0.401 e. The Labute approximate surface area is 118 Å². The normalized spacial score (nSPS) is 28.5. The average Bonchev–Trinajstić information content (AvgIpc) is 2.37. The van der Waals surface area contributed by atoms with E-state index in [-0.39, 0.29) is 13.1 Å². The first kappa shape index (κ1) is 15.7. The van der Waals surface area contributed by atoms with Crippen molar-refractivity contribution in [3.8, 4) is 0 Å². The summed E-state index contributed by atoms with van der Waals surface area (Å²) in [6, 6.07) is 0. The van der Waals surface area contributed by atoms with Gasteiger partial charge in [0.25, 0.3) is 5.70 Å². The molecule has 1 unspecified atom stereocenters. The fourth-order valence-corrected chi connectivity index (χ4v) is 2.54. The van der Waals surface area contributed by atoms with Crippen molar-refractivity contribution in [1.82, 2.24) is 4.90 Å². The Balaban J connectivity index is 2.44. The van der Waals surface area contributed by atoms with E-state index in [2.05, 4.69) is 0 Å². The van der Waals surface area contributed by atoms with Crippen molar-refractivity contribution < 1.29 is 22.8 Å². The van der Waals surface area contributed by atoms with Gasteiger partial charge in [0.1, 0.15) is 0 Å². The quantitative estimate of drug-likeness (QED) is 0.561. The Morgan fingerprint density at radius 1 is 1.38 bits per heavy atom. The average molecular weight is 308 g/mol. The third kappa shape index (κ3) is 2.87. The summed E-state index contributed by atoms with van der Waals surface area (Å²) in [5, 5.41) is 11.2. The van der Waals surface area contributed by atoms with Gasteiger partial charge < -0.3 is 16.2 Å². The van der Waals surface area contributed by atoms with E-state index in [9.17, 15) is 23.3 Å². The predicted octanol–water partition coefficient (Wildman–Crippen LogP) is 0.313. The van der Waals surface area contributed by atoms with Crippen LogP contribution in [-0.2, 0) is 4.74 Å². The Morgan fingerprint density at radius 3 is 2.43 bits per heavy atom. The van der Waals surface area contributed by atoms with Crippen LogP contribution in [-0.4, -0.2) is 48.0 Å². The van der Waals surface area contributed by atoms with Gasteiger partial charge in [-0.15, -0.1) is 0 Å². The van der Waals surface area contributed by atoms with E-state index in [4.69, 9.17) is 16.2 Å². The van der Waals surface area contributed by atoms with Crippen LogP contribution in [0.5, 0.6) is 0 Å². The molecule has 0 aromatic heterocycles. The molecule has 1 heterocycles. The topological polar surface area (TPSA) is 108 Å². The summed E-state index contributed by atoms with van der Waals surface area (Å²) < 4.78 is 43.7. The van der Waals surface area contributed by atoms with Gasteiger partial charge in [-0.25, -0.2) is 0 Å². The Hall–Kier alpha value is -1.65. The third-order valence-corrected chi connectivity index (χ3v) is 3.61. The molecule has 0 radical (unpaired) electrons. The number of rotatable bonds is 2. The predicted molar refractivity (Wildman–Crippen MR) is 66.3 cm³/mol. The lowest BCUT2D eigenvalue weighted by molar-refractivity contribution is -0.441. The first-order valence-corrected chi connectivity index (χ1v) is 6.20. The highest BCUT2D eigenvalue weighted by Gasteiger charge is 2.51. The van der Waals surface area contributed by atoms with Gasteiger partial charge in [-0.1, -0.05) is 0 Å². The second-order valence-corrected chi connectivity index (χ2v) is 4.92. The summed E-state index contributed by atoms with van der Waals surface area (Å²) in [6.45, 7) is 1.19. The van der Waals surface area contributed by atoms with Crippen LogP contribution in [0, 0.1) is 10.1 Å². The lowest BCUT2D eigenvalue weighted by Gasteiger charge is -2.42. The van der Waals surface area contributed by atoms with Crippen molar-refractivity contribution in [1.29, 1.82) is 0 Å². The number of hydrogen-bond donors (Lipinski definition) is 2. The van der Waals surface area contributed by atoms with Gasteiger partial charge in [0, 0.05) is 31.3 Å². The van der Waals surface area contributed by atoms with E-state index >= 15 is 0 Å². The molecule has 2 rings (SSSR count). The highest BCUT2D eigenvalue weighted by molar-refractivity contribution is 5.39. The molecule has 0 amide bonds. The fourth-order valence-electron chi connectivity index (χ4n) is 2.54. The van der Waals surface area contributed by atoms with E-state index in [0.717, 1.165) is 0 Å². The molecule has 118 valence electrons. The molecule has 1 atom stereocenters. The second-order valence-electron chi connectivity index (χ2n) is 4.92. The van der Waals surface area contributed by atoms with E-state index < -0.39 is 40.2 Å². The van der Waals surface area contributed by atoms with Gasteiger partial charge in [-0.3, -0.25) is 15.0 Å². The first-order valence-electron chi connectivity index (χ1n) is 6.20. The minimum absolute atomic E-state index is 0.288. The molecule has 4 N–H and O–H groups in total. The number of morpholine rings is 1. The van der Waals surface area contributed by atoms with Gasteiger partial charge >= 0.3 is 6.18 Å². The standard InChI is InChI=1S/C11H15F3N4O3/c12-11(13,14)7-5-9(18(19)20)10(16,6-8(7)15)17-1-3-21-4-2-17/h5H,1-4,6,15-16H2. The van der Waals surface area contributed by atoms with Crippen LogP contribution < -0.4 is 11.5 Å². The van der Waals surface area contributed by atoms with Crippen LogP contribution in [0.4, 0.5) is 13.2 Å². The summed E-state index contributed by atoms with van der Waals surface area (Å²) in [5.41, 5.74) is 7.45. The van der Waals surface area contributed by atoms with Crippen molar-refractivity contribution in [3.63, 3.8) is 0 Å². The maximum atomic E-state index is 12.8. The van der Waals surface area contributed by atoms with Crippen LogP contribution in [0.3, 0.4) is 0 Å². The molecule has 0 aromatic carbocycles. The maximum absolute atomic E-state index is 12.8. The minimum Gasteiger partial charge on any atom is -0.401 e. The molecule has 0 aromatic rings. The molecule has 0 saturated carbocycles. The zero-order valence-electron chi connectivity index (χ0n) is 11.0. The van der Waals surface area contributed by atoms with Gasteiger partial charge in [0.05, 0.1) is 23.7 Å². The Morgan fingerprint density at radius 2 is 1.95 bits per heavy atom. The first-order chi connectivity index (χ1) is 9.66. The van der Waals surface area contributed by atoms with Crippen LogP contribution in [0.1, 0.15) is 6.42 Å². The summed E-state index contributed by atoms with van der Waals surface area (Å²) in [5.74, 6) is 0. The van der Waals surface area contributed by atoms with Crippen molar-refractivity contribution in [2.24, 2.45) is 11.5 Å². The van der Waals surface area contributed by atoms with E-state index in [1.807, 2.05) is 0 Å². The van der Waals surface area contributed by atoms with Gasteiger partial charge in [-0.2, -0.15) is 13.2 Å². The van der Waals surface area contributed by atoms with Crippen molar-refractivity contribution >= 4 is 0 Å². The molecule has 7 nitrogen and oxygen atoms in total. The van der Waals surface area contributed by atoms with Crippen molar-refractivity contribution in [3.05, 3.63) is 33.2 Å². The molecular formula is C11H15F3N4O3. The summed E-state index contributed by atoms with van der Waals surface area (Å²) in [6.07, 6.45) is -4.76. The van der Waals surface area contributed by atoms with E-state index in [1.165, 1.54) is 4.90 Å². The highest BCUT2D eigenvalue weighted by atomic mass is 19.4. The fraction of sp³-hybridized carbons (Fsp3) is 0.636. The van der Waals surface area contributed by atoms with Crippen molar-refractivity contribution in [2.45, 2.75) is 18.3 Å². The molecular weight excluding hydrogens is 293 g/mol. The SMILES string of the molecule is NC1=C(C(F)(F)F)C=C([N+](=O)[O-])C(N)(N2CCOCC2)C1. The molecule has 21 heavy (non-hydrogen) atoms. The van der Waals surface area contributed by atoms with Crippen LogP contribution in [0.25, 0.3) is 0 Å². The maximum Gasteiger partial charge on any atom is 0.418 e. The summed E-state index contributed by atoms with van der Waals surface area (Å²) in [4.78, 5) is 11.8. The molecule has 0 bridgehead atoms. The molecule has 2 aliphatic rings. The van der Waals surface area contributed by atoms with Crippen molar-refractivity contribution in [2.75, 3.05) is 26.3 Å². The monoisotopic (exact) mass is 308 g/mol. The molecule has 1 aliphatic carbocycles.